The summed E-state index contributed by atoms with van der Waals surface area (Å²) in [4.78, 5) is 14.0. The number of carbonyl (C=O) groups is 1. The summed E-state index contributed by atoms with van der Waals surface area (Å²) in [6.07, 6.45) is 2.90. The van der Waals surface area contributed by atoms with Gasteiger partial charge in [0.1, 0.15) is 0 Å². The van der Waals surface area contributed by atoms with Gasteiger partial charge < -0.3 is 9.64 Å². The van der Waals surface area contributed by atoms with Crippen molar-refractivity contribution < 1.29 is 9.53 Å². The van der Waals surface area contributed by atoms with Crippen LogP contribution in [-0.2, 0) is 16.0 Å². The SMILES string of the molecule is C=C(C)C(=O)OCCc1ccc(C(=Cc2ccc(N(c3ccc(C)cc3)c3ccc(C)cc3)cc2)c2ccccc2)cc1. The van der Waals surface area contributed by atoms with Crippen LogP contribution in [0.25, 0.3) is 11.6 Å². The van der Waals surface area contributed by atoms with Gasteiger partial charge in [-0.15, -0.1) is 0 Å². The molecule has 0 bridgehead atoms. The van der Waals surface area contributed by atoms with Crippen molar-refractivity contribution in [3.05, 3.63) is 173 Å². The average molecular weight is 564 g/mol. The molecule has 0 aliphatic heterocycles. The van der Waals surface area contributed by atoms with Crippen molar-refractivity contribution in [1.29, 1.82) is 0 Å². The molecule has 0 radical (unpaired) electrons. The molecule has 0 saturated heterocycles. The van der Waals surface area contributed by atoms with E-state index in [-0.39, 0.29) is 5.97 Å². The highest BCUT2D eigenvalue weighted by Gasteiger charge is 2.13. The summed E-state index contributed by atoms with van der Waals surface area (Å²) >= 11 is 0. The van der Waals surface area contributed by atoms with E-state index in [1.54, 1.807) is 6.92 Å². The minimum Gasteiger partial charge on any atom is -0.462 e. The number of carbonyl (C=O) groups excluding carboxylic acids is 1. The summed E-state index contributed by atoms with van der Waals surface area (Å²) in [5.41, 5.74) is 11.9. The molecule has 0 saturated carbocycles. The van der Waals surface area contributed by atoms with Gasteiger partial charge in [-0.2, -0.15) is 0 Å². The van der Waals surface area contributed by atoms with Crippen molar-refractivity contribution in [2.75, 3.05) is 11.5 Å². The summed E-state index contributed by atoms with van der Waals surface area (Å²) in [5, 5.41) is 0. The Kier molecular flexibility index (Phi) is 9.33. The van der Waals surface area contributed by atoms with Gasteiger partial charge in [-0.05, 0) is 91.1 Å². The van der Waals surface area contributed by atoms with Gasteiger partial charge in [0.25, 0.3) is 0 Å². The van der Waals surface area contributed by atoms with Crippen LogP contribution in [0.15, 0.2) is 140 Å². The fraction of sp³-hybridized carbons (Fsp3) is 0.125. The highest BCUT2D eigenvalue weighted by atomic mass is 16.5. The van der Waals surface area contributed by atoms with Crippen LogP contribution >= 0.6 is 0 Å². The van der Waals surface area contributed by atoms with Gasteiger partial charge in [-0.3, -0.25) is 0 Å². The van der Waals surface area contributed by atoms with Crippen molar-refractivity contribution >= 4 is 34.7 Å². The van der Waals surface area contributed by atoms with E-state index in [1.807, 2.05) is 6.07 Å². The van der Waals surface area contributed by atoms with Crippen LogP contribution in [0, 0.1) is 13.8 Å². The lowest BCUT2D eigenvalue weighted by molar-refractivity contribution is -0.138. The summed E-state index contributed by atoms with van der Waals surface area (Å²) in [6, 6.07) is 45.0. The Morgan fingerprint density at radius 1 is 0.674 bits per heavy atom. The Hall–Kier alpha value is -5.15. The number of ether oxygens (including phenoxy) is 1. The smallest absolute Gasteiger partial charge is 0.333 e. The monoisotopic (exact) mass is 563 g/mol. The number of anilines is 3. The molecule has 0 aliphatic carbocycles. The van der Waals surface area contributed by atoms with E-state index in [0.29, 0.717) is 18.6 Å². The van der Waals surface area contributed by atoms with Crippen LogP contribution in [-0.4, -0.2) is 12.6 Å². The van der Waals surface area contributed by atoms with Gasteiger partial charge in [-0.1, -0.05) is 109 Å². The predicted octanol–water partition coefficient (Wildman–Crippen LogP) is 10.0. The molecule has 0 amide bonds. The van der Waals surface area contributed by atoms with Gasteiger partial charge in [0.2, 0.25) is 0 Å². The van der Waals surface area contributed by atoms with Crippen molar-refractivity contribution in [2.24, 2.45) is 0 Å². The number of hydrogen-bond donors (Lipinski definition) is 0. The molecule has 5 rings (SSSR count). The maximum absolute atomic E-state index is 11.7. The van der Waals surface area contributed by atoms with Gasteiger partial charge in [-0.25, -0.2) is 4.79 Å². The standard InChI is InChI=1S/C40H37NO2/c1-29(2)40(42)43-27-26-32-14-18-35(19-15-32)39(34-8-6-5-7-9-34)28-33-16-24-38(25-17-33)41(36-20-10-30(3)11-21-36)37-22-12-31(4)13-23-37/h5-25,28H,1,26-27H2,2-4H3. The molecular formula is C40H37NO2. The third kappa shape index (κ3) is 7.58. The van der Waals surface area contributed by atoms with E-state index in [4.69, 9.17) is 4.74 Å². The lowest BCUT2D eigenvalue weighted by atomic mass is 9.94. The summed E-state index contributed by atoms with van der Waals surface area (Å²) in [5.74, 6) is -0.349. The van der Waals surface area contributed by atoms with Gasteiger partial charge in [0.05, 0.1) is 6.61 Å². The lowest BCUT2D eigenvalue weighted by Crippen LogP contribution is -2.09. The normalized spacial score (nSPS) is 11.2. The van der Waals surface area contributed by atoms with E-state index < -0.39 is 0 Å². The topological polar surface area (TPSA) is 29.5 Å². The number of aryl methyl sites for hydroxylation is 2. The second kappa shape index (κ2) is 13.7. The average Bonchev–Trinajstić information content (AvgIpc) is 3.03. The van der Waals surface area contributed by atoms with E-state index in [1.165, 1.54) is 11.1 Å². The molecule has 0 unspecified atom stereocenters. The fourth-order valence-electron chi connectivity index (χ4n) is 4.91. The van der Waals surface area contributed by atoms with Crippen molar-refractivity contribution in [3.8, 4) is 0 Å². The Morgan fingerprint density at radius 2 is 1.16 bits per heavy atom. The van der Waals surface area contributed by atoms with Crippen molar-refractivity contribution in [1.82, 2.24) is 0 Å². The van der Waals surface area contributed by atoms with Gasteiger partial charge in [0.15, 0.2) is 0 Å². The number of nitrogens with zero attached hydrogens (tertiary/aromatic N) is 1. The molecule has 3 nitrogen and oxygen atoms in total. The van der Waals surface area contributed by atoms with Crippen LogP contribution in [0.4, 0.5) is 17.1 Å². The minimum absolute atomic E-state index is 0.334. The van der Waals surface area contributed by atoms with Crippen LogP contribution in [0.3, 0.4) is 0 Å². The van der Waals surface area contributed by atoms with E-state index in [0.717, 1.165) is 44.9 Å². The molecule has 214 valence electrons. The first kappa shape index (κ1) is 29.3. The van der Waals surface area contributed by atoms with E-state index in [9.17, 15) is 4.79 Å². The number of hydrogen-bond acceptors (Lipinski definition) is 3. The van der Waals surface area contributed by atoms with Crippen molar-refractivity contribution in [2.45, 2.75) is 27.2 Å². The summed E-state index contributed by atoms with van der Waals surface area (Å²) in [7, 11) is 0. The third-order valence-electron chi connectivity index (χ3n) is 7.37. The molecule has 0 spiro atoms. The first-order chi connectivity index (χ1) is 20.9. The highest BCUT2D eigenvalue weighted by molar-refractivity contribution is 5.92. The lowest BCUT2D eigenvalue weighted by Gasteiger charge is -2.26. The second-order valence-electron chi connectivity index (χ2n) is 10.9. The molecule has 0 aliphatic rings. The van der Waals surface area contributed by atoms with Crippen LogP contribution in [0.2, 0.25) is 0 Å². The summed E-state index contributed by atoms with van der Waals surface area (Å²) < 4.78 is 5.27. The minimum atomic E-state index is -0.349. The van der Waals surface area contributed by atoms with Crippen LogP contribution < -0.4 is 4.90 Å². The first-order valence-electron chi connectivity index (χ1n) is 14.6. The molecule has 5 aromatic carbocycles. The number of esters is 1. The zero-order chi connectivity index (χ0) is 30.2. The molecule has 5 aromatic rings. The molecule has 0 fully saturated rings. The second-order valence-corrected chi connectivity index (χ2v) is 10.9. The van der Waals surface area contributed by atoms with Gasteiger partial charge >= 0.3 is 5.97 Å². The molecule has 0 atom stereocenters. The fourth-order valence-corrected chi connectivity index (χ4v) is 4.91. The van der Waals surface area contributed by atoms with Crippen molar-refractivity contribution in [3.63, 3.8) is 0 Å². The van der Waals surface area contributed by atoms with Crippen LogP contribution in [0.1, 0.15) is 40.3 Å². The largest absolute Gasteiger partial charge is 0.462 e. The highest BCUT2D eigenvalue weighted by Crippen LogP contribution is 2.35. The zero-order valence-electron chi connectivity index (χ0n) is 25.1. The number of benzene rings is 5. The zero-order valence-corrected chi connectivity index (χ0v) is 25.1. The maximum atomic E-state index is 11.7. The Balaban J connectivity index is 1.44. The first-order valence-corrected chi connectivity index (χ1v) is 14.6. The Labute approximate surface area is 255 Å². The molecule has 0 aromatic heterocycles. The maximum Gasteiger partial charge on any atom is 0.333 e. The molecule has 43 heavy (non-hydrogen) atoms. The molecule has 0 heterocycles. The third-order valence-corrected chi connectivity index (χ3v) is 7.37. The molecule has 3 heteroatoms. The Morgan fingerprint density at radius 3 is 1.67 bits per heavy atom. The molecular weight excluding hydrogens is 526 g/mol. The van der Waals surface area contributed by atoms with Gasteiger partial charge in [0, 0.05) is 29.1 Å². The summed E-state index contributed by atoms with van der Waals surface area (Å²) in [6.45, 7) is 9.86. The number of rotatable bonds is 10. The Bertz CT molecular complexity index is 1650. The predicted molar refractivity (Wildman–Crippen MR) is 180 cm³/mol. The van der Waals surface area contributed by atoms with E-state index >= 15 is 0 Å². The molecule has 0 N–H and O–H groups in total. The van der Waals surface area contributed by atoms with E-state index in [2.05, 4.69) is 153 Å². The van der Waals surface area contributed by atoms with Crippen LogP contribution in [0.5, 0.6) is 0 Å². The quantitative estimate of drug-likeness (QED) is 0.0962.